The number of fused-ring (bicyclic) bond motifs is 1. The van der Waals surface area contributed by atoms with Gasteiger partial charge in [0.15, 0.2) is 16.7 Å². The number of esters is 1. The summed E-state index contributed by atoms with van der Waals surface area (Å²) in [5.41, 5.74) is 4.11. The minimum absolute atomic E-state index is 0.0247. The number of thiazole rings is 1. The fourth-order valence-corrected chi connectivity index (χ4v) is 6.94. The second kappa shape index (κ2) is 13.1. The zero-order valence-corrected chi connectivity index (χ0v) is 24.6. The maximum atomic E-state index is 12.5. The van der Waals surface area contributed by atoms with Gasteiger partial charge in [-0.3, -0.25) is 9.59 Å². The Morgan fingerprint density at radius 3 is 2.59 bits per heavy atom. The number of aromatic nitrogens is 1. The number of anilines is 1. The SMILES string of the molecule is CC(=O)O[C@@H](C)C(=O)Nc1cccc([C@H]2O[C@@H](CSc3nc4ccccc4s3)[C@@H](C)[C@@H](c3ccc(CO)cc3)O2)c1. The summed E-state index contributed by atoms with van der Waals surface area (Å²) in [6.45, 7) is 4.89. The van der Waals surface area contributed by atoms with Crippen LogP contribution >= 0.6 is 23.1 Å². The number of para-hydroxylation sites is 1. The van der Waals surface area contributed by atoms with E-state index in [1.165, 1.54) is 13.8 Å². The third-order valence-corrected chi connectivity index (χ3v) is 9.18. The standard InChI is InChI=1S/C31H32N2O6S2/c1-18-26(17-40-31-33-25-9-4-5-10-27(25)41-31)38-30(39-28(18)22-13-11-21(16-34)12-14-22)23-7-6-8-24(15-23)32-29(36)19(2)37-20(3)35/h4-15,18-19,26,28,30,34H,16-17H2,1-3H3,(H,32,36)/t18-,19+,26+,28+,30+/m1/s1. The first-order valence-electron chi connectivity index (χ1n) is 13.4. The number of aliphatic hydroxyl groups excluding tert-OH is 1. The average Bonchev–Trinajstić information content (AvgIpc) is 3.39. The molecule has 1 aliphatic heterocycles. The molecule has 1 saturated heterocycles. The molecule has 3 aromatic carbocycles. The van der Waals surface area contributed by atoms with Crippen molar-refractivity contribution in [2.24, 2.45) is 5.92 Å². The van der Waals surface area contributed by atoms with Gasteiger partial charge in [0.25, 0.3) is 5.91 Å². The van der Waals surface area contributed by atoms with Crippen molar-refractivity contribution in [1.29, 1.82) is 0 Å². The van der Waals surface area contributed by atoms with Crippen LogP contribution in [0.5, 0.6) is 0 Å². The van der Waals surface area contributed by atoms with Crippen LogP contribution in [0.2, 0.25) is 0 Å². The molecule has 0 saturated carbocycles. The van der Waals surface area contributed by atoms with E-state index in [2.05, 4.69) is 18.3 Å². The Labute approximate surface area is 247 Å². The molecule has 8 nitrogen and oxygen atoms in total. The van der Waals surface area contributed by atoms with Gasteiger partial charge in [0.05, 0.1) is 29.0 Å². The van der Waals surface area contributed by atoms with Gasteiger partial charge in [0, 0.05) is 29.8 Å². The summed E-state index contributed by atoms with van der Waals surface area (Å²) in [7, 11) is 0. The molecule has 2 heterocycles. The number of nitrogens with zero attached hydrogens (tertiary/aromatic N) is 1. The van der Waals surface area contributed by atoms with E-state index < -0.39 is 24.3 Å². The van der Waals surface area contributed by atoms with Crippen LogP contribution in [0.25, 0.3) is 10.2 Å². The highest BCUT2D eigenvalue weighted by molar-refractivity contribution is 8.01. The molecule has 4 aromatic rings. The molecular weight excluding hydrogens is 560 g/mol. The highest BCUT2D eigenvalue weighted by Crippen LogP contribution is 2.43. The molecule has 5 atom stereocenters. The molecule has 1 aromatic heterocycles. The molecule has 10 heteroatoms. The molecule has 0 radical (unpaired) electrons. The number of rotatable bonds is 9. The molecule has 0 unspecified atom stereocenters. The van der Waals surface area contributed by atoms with Crippen LogP contribution in [0, 0.1) is 5.92 Å². The molecule has 1 aliphatic rings. The highest BCUT2D eigenvalue weighted by atomic mass is 32.2. The average molecular weight is 593 g/mol. The van der Waals surface area contributed by atoms with Crippen LogP contribution in [0.15, 0.2) is 77.1 Å². The summed E-state index contributed by atoms with van der Waals surface area (Å²) in [6, 6.07) is 23.2. The molecule has 41 heavy (non-hydrogen) atoms. The van der Waals surface area contributed by atoms with Crippen LogP contribution in [0.3, 0.4) is 0 Å². The maximum Gasteiger partial charge on any atom is 0.303 e. The van der Waals surface area contributed by atoms with Gasteiger partial charge in [-0.05, 0) is 42.3 Å². The number of carbonyl (C=O) groups excluding carboxylic acids is 2. The van der Waals surface area contributed by atoms with Crippen molar-refractivity contribution in [2.45, 2.75) is 56.3 Å². The molecule has 0 aliphatic carbocycles. The Hall–Kier alpha value is -3.28. The molecule has 0 spiro atoms. The van der Waals surface area contributed by atoms with Gasteiger partial charge in [0.1, 0.15) is 0 Å². The van der Waals surface area contributed by atoms with E-state index in [0.29, 0.717) is 11.4 Å². The van der Waals surface area contributed by atoms with Crippen molar-refractivity contribution in [3.63, 3.8) is 0 Å². The molecule has 1 fully saturated rings. The van der Waals surface area contributed by atoms with Gasteiger partial charge in [0.2, 0.25) is 0 Å². The lowest BCUT2D eigenvalue weighted by Gasteiger charge is -2.41. The molecular formula is C31H32N2O6S2. The van der Waals surface area contributed by atoms with E-state index in [4.69, 9.17) is 19.2 Å². The minimum atomic E-state index is -0.922. The monoisotopic (exact) mass is 592 g/mol. The van der Waals surface area contributed by atoms with E-state index in [-0.39, 0.29) is 24.7 Å². The van der Waals surface area contributed by atoms with Crippen molar-refractivity contribution in [3.8, 4) is 0 Å². The van der Waals surface area contributed by atoms with E-state index in [1.54, 1.807) is 29.2 Å². The number of nitrogens with one attached hydrogen (secondary N) is 1. The van der Waals surface area contributed by atoms with E-state index in [1.807, 2.05) is 60.7 Å². The summed E-state index contributed by atoms with van der Waals surface area (Å²) in [5.74, 6) is -0.237. The lowest BCUT2D eigenvalue weighted by atomic mass is 9.91. The summed E-state index contributed by atoms with van der Waals surface area (Å²) in [4.78, 5) is 28.5. The summed E-state index contributed by atoms with van der Waals surface area (Å²) in [5, 5.41) is 12.3. The van der Waals surface area contributed by atoms with Crippen molar-refractivity contribution in [1.82, 2.24) is 4.98 Å². The van der Waals surface area contributed by atoms with E-state index >= 15 is 0 Å². The number of amides is 1. The van der Waals surface area contributed by atoms with Crippen molar-refractivity contribution >= 4 is 50.9 Å². The minimum Gasteiger partial charge on any atom is -0.453 e. The number of carbonyl (C=O) groups is 2. The lowest BCUT2D eigenvalue weighted by Crippen LogP contribution is -2.38. The molecule has 5 rings (SSSR count). The van der Waals surface area contributed by atoms with E-state index in [9.17, 15) is 14.7 Å². The summed E-state index contributed by atoms with van der Waals surface area (Å²) >= 11 is 3.34. The topological polar surface area (TPSA) is 107 Å². The van der Waals surface area contributed by atoms with Crippen molar-refractivity contribution < 1.29 is 28.9 Å². The number of benzene rings is 3. The Bertz CT molecular complexity index is 1480. The molecule has 1 amide bonds. The van der Waals surface area contributed by atoms with Crippen LogP contribution in [0.1, 0.15) is 49.9 Å². The zero-order valence-electron chi connectivity index (χ0n) is 23.0. The Morgan fingerprint density at radius 2 is 1.85 bits per heavy atom. The predicted octanol–water partition coefficient (Wildman–Crippen LogP) is 6.26. The second-order valence-corrected chi connectivity index (χ2v) is 12.2. The van der Waals surface area contributed by atoms with Gasteiger partial charge < -0.3 is 24.6 Å². The first kappa shape index (κ1) is 29.2. The molecule has 2 N–H and O–H groups in total. The van der Waals surface area contributed by atoms with Crippen LogP contribution in [-0.4, -0.2) is 39.9 Å². The quantitative estimate of drug-likeness (QED) is 0.173. The number of aliphatic hydroxyl groups is 1. The Kier molecular flexibility index (Phi) is 9.36. The van der Waals surface area contributed by atoms with Crippen LogP contribution in [0.4, 0.5) is 5.69 Å². The number of hydrogen-bond donors (Lipinski definition) is 2. The fourth-order valence-electron chi connectivity index (χ4n) is 4.69. The first-order chi connectivity index (χ1) is 19.8. The number of ether oxygens (including phenoxy) is 3. The third kappa shape index (κ3) is 7.14. The Balaban J connectivity index is 1.37. The highest BCUT2D eigenvalue weighted by Gasteiger charge is 2.38. The fraction of sp³-hybridized carbons (Fsp3) is 0.323. The smallest absolute Gasteiger partial charge is 0.303 e. The third-order valence-electron chi connectivity index (χ3n) is 6.91. The van der Waals surface area contributed by atoms with Crippen LogP contribution < -0.4 is 5.32 Å². The molecule has 214 valence electrons. The normalized spacial score (nSPS) is 21.4. The van der Waals surface area contributed by atoms with Gasteiger partial charge in [-0.1, -0.05) is 67.2 Å². The Morgan fingerprint density at radius 1 is 1.07 bits per heavy atom. The summed E-state index contributed by atoms with van der Waals surface area (Å²) in [6.07, 6.45) is -2.02. The van der Waals surface area contributed by atoms with E-state index in [0.717, 1.165) is 31.2 Å². The maximum absolute atomic E-state index is 12.5. The van der Waals surface area contributed by atoms with Gasteiger partial charge in [-0.25, -0.2) is 4.98 Å². The zero-order chi connectivity index (χ0) is 28.9. The van der Waals surface area contributed by atoms with Crippen molar-refractivity contribution in [2.75, 3.05) is 11.1 Å². The first-order valence-corrected chi connectivity index (χ1v) is 15.2. The second-order valence-electron chi connectivity index (χ2n) is 9.95. The van der Waals surface area contributed by atoms with Crippen LogP contribution in [-0.2, 0) is 30.4 Å². The number of thioether (sulfide) groups is 1. The van der Waals surface area contributed by atoms with Gasteiger partial charge in [-0.15, -0.1) is 11.3 Å². The summed E-state index contributed by atoms with van der Waals surface area (Å²) < 4.78 is 20.2. The number of hydrogen-bond acceptors (Lipinski definition) is 9. The van der Waals surface area contributed by atoms with Gasteiger partial charge in [-0.2, -0.15) is 0 Å². The predicted molar refractivity (Wildman–Crippen MR) is 160 cm³/mol. The molecule has 0 bridgehead atoms. The van der Waals surface area contributed by atoms with Crippen molar-refractivity contribution in [3.05, 3.63) is 89.5 Å². The van der Waals surface area contributed by atoms with Gasteiger partial charge >= 0.3 is 5.97 Å². The lowest BCUT2D eigenvalue weighted by molar-refractivity contribution is -0.268. The largest absolute Gasteiger partial charge is 0.453 e.